The number of hydrogen-bond donors (Lipinski definition) is 1. The third-order valence-corrected chi connectivity index (χ3v) is 5.02. The lowest BCUT2D eigenvalue weighted by atomic mass is 10.1. The van der Waals surface area contributed by atoms with Crippen LogP contribution in [0.2, 0.25) is 0 Å². The van der Waals surface area contributed by atoms with Gasteiger partial charge in [-0.15, -0.1) is 11.3 Å². The van der Waals surface area contributed by atoms with Crippen LogP contribution in [-0.2, 0) is 6.42 Å². The zero-order chi connectivity index (χ0) is 17.2. The number of anilines is 1. The molecule has 1 unspecified atom stereocenters. The molecule has 1 N–H and O–H groups in total. The van der Waals surface area contributed by atoms with Gasteiger partial charge in [0.25, 0.3) is 0 Å². The first-order valence-electron chi connectivity index (χ1n) is 8.33. The standard InChI is InChI=1S/C19H19N5S/c1-3-17-22-18(16-7-10-25-19(16)23-17)21-13(2)14-5-4-6-15(11-14)24-9-8-20-12-24/h4-13H,3H2,1-2H3,(H,21,22,23). The summed E-state index contributed by atoms with van der Waals surface area (Å²) in [6.45, 7) is 4.23. The van der Waals surface area contributed by atoms with Gasteiger partial charge in [-0.3, -0.25) is 0 Å². The fraction of sp³-hybridized carbons (Fsp3) is 0.211. The third-order valence-electron chi connectivity index (χ3n) is 4.21. The summed E-state index contributed by atoms with van der Waals surface area (Å²) >= 11 is 1.65. The molecular formula is C19H19N5S. The largest absolute Gasteiger partial charge is 0.363 e. The van der Waals surface area contributed by atoms with E-state index >= 15 is 0 Å². The molecule has 4 rings (SSSR count). The molecule has 3 aromatic heterocycles. The average molecular weight is 349 g/mol. The predicted octanol–water partition coefficient (Wildman–Crippen LogP) is 4.61. The van der Waals surface area contributed by atoms with Gasteiger partial charge < -0.3 is 9.88 Å². The maximum Gasteiger partial charge on any atom is 0.138 e. The molecule has 0 aliphatic rings. The van der Waals surface area contributed by atoms with Crippen molar-refractivity contribution in [1.82, 2.24) is 19.5 Å². The highest BCUT2D eigenvalue weighted by Crippen LogP contribution is 2.28. The first kappa shape index (κ1) is 15.8. The lowest BCUT2D eigenvalue weighted by Crippen LogP contribution is -2.10. The van der Waals surface area contributed by atoms with Crippen molar-refractivity contribution in [2.75, 3.05) is 5.32 Å². The minimum atomic E-state index is 0.131. The number of rotatable bonds is 5. The normalized spacial score (nSPS) is 12.4. The van der Waals surface area contributed by atoms with Crippen molar-refractivity contribution in [3.63, 3.8) is 0 Å². The van der Waals surface area contributed by atoms with Crippen LogP contribution in [0.4, 0.5) is 5.82 Å². The number of fused-ring (bicyclic) bond motifs is 1. The van der Waals surface area contributed by atoms with E-state index in [1.54, 1.807) is 17.5 Å². The summed E-state index contributed by atoms with van der Waals surface area (Å²) in [7, 11) is 0. The number of hydrogen-bond acceptors (Lipinski definition) is 5. The summed E-state index contributed by atoms with van der Waals surface area (Å²) in [4.78, 5) is 14.5. The molecule has 0 aliphatic carbocycles. The van der Waals surface area contributed by atoms with Crippen molar-refractivity contribution in [2.45, 2.75) is 26.3 Å². The summed E-state index contributed by atoms with van der Waals surface area (Å²) in [6.07, 6.45) is 6.37. The lowest BCUT2D eigenvalue weighted by molar-refractivity contribution is 0.862. The molecule has 25 heavy (non-hydrogen) atoms. The van der Waals surface area contributed by atoms with Crippen LogP contribution in [-0.4, -0.2) is 19.5 Å². The van der Waals surface area contributed by atoms with Crippen molar-refractivity contribution in [3.05, 3.63) is 65.8 Å². The predicted molar refractivity (Wildman–Crippen MR) is 102 cm³/mol. The molecule has 0 spiro atoms. The van der Waals surface area contributed by atoms with Gasteiger partial charge in [-0.1, -0.05) is 19.1 Å². The molecule has 0 aliphatic heterocycles. The molecule has 1 atom stereocenters. The van der Waals surface area contributed by atoms with Gasteiger partial charge in [0.05, 0.1) is 17.8 Å². The van der Waals surface area contributed by atoms with Gasteiger partial charge in [-0.25, -0.2) is 15.0 Å². The van der Waals surface area contributed by atoms with Gasteiger partial charge in [0.1, 0.15) is 16.5 Å². The number of thiophene rings is 1. The highest BCUT2D eigenvalue weighted by Gasteiger charge is 2.12. The Labute approximate surface area is 150 Å². The van der Waals surface area contributed by atoms with E-state index in [2.05, 4.69) is 64.8 Å². The maximum atomic E-state index is 4.70. The number of aromatic nitrogens is 4. The van der Waals surface area contributed by atoms with Crippen LogP contribution in [0.25, 0.3) is 15.9 Å². The Balaban J connectivity index is 1.65. The lowest BCUT2D eigenvalue weighted by Gasteiger charge is -2.17. The zero-order valence-corrected chi connectivity index (χ0v) is 15.0. The monoisotopic (exact) mass is 349 g/mol. The van der Waals surface area contributed by atoms with E-state index < -0.39 is 0 Å². The van der Waals surface area contributed by atoms with E-state index in [1.807, 2.05) is 17.1 Å². The minimum Gasteiger partial charge on any atom is -0.363 e. The smallest absolute Gasteiger partial charge is 0.138 e. The molecule has 0 fully saturated rings. The van der Waals surface area contributed by atoms with E-state index in [0.717, 1.165) is 34.0 Å². The van der Waals surface area contributed by atoms with Crippen LogP contribution in [0.5, 0.6) is 0 Å². The van der Waals surface area contributed by atoms with Crippen LogP contribution in [0.3, 0.4) is 0 Å². The average Bonchev–Trinajstić information content (AvgIpc) is 3.33. The Morgan fingerprint density at radius 3 is 2.96 bits per heavy atom. The Morgan fingerprint density at radius 1 is 1.24 bits per heavy atom. The Morgan fingerprint density at radius 2 is 2.16 bits per heavy atom. The van der Waals surface area contributed by atoms with E-state index in [0.29, 0.717) is 0 Å². The van der Waals surface area contributed by atoms with Gasteiger partial charge in [0.2, 0.25) is 0 Å². The van der Waals surface area contributed by atoms with E-state index in [1.165, 1.54) is 5.56 Å². The Bertz CT molecular complexity index is 990. The molecule has 0 saturated heterocycles. The maximum absolute atomic E-state index is 4.70. The van der Waals surface area contributed by atoms with Crippen LogP contribution < -0.4 is 5.32 Å². The van der Waals surface area contributed by atoms with E-state index in [-0.39, 0.29) is 6.04 Å². The summed E-state index contributed by atoms with van der Waals surface area (Å²) in [5, 5.41) is 6.71. The highest BCUT2D eigenvalue weighted by atomic mass is 32.1. The first-order chi connectivity index (χ1) is 12.2. The molecule has 0 saturated carbocycles. The summed E-state index contributed by atoms with van der Waals surface area (Å²) in [6, 6.07) is 10.7. The Kier molecular flexibility index (Phi) is 4.19. The highest BCUT2D eigenvalue weighted by molar-refractivity contribution is 7.16. The molecular weight excluding hydrogens is 330 g/mol. The van der Waals surface area contributed by atoms with Gasteiger partial charge in [-0.2, -0.15) is 0 Å². The zero-order valence-electron chi connectivity index (χ0n) is 14.2. The molecule has 3 heterocycles. The Hall–Kier alpha value is -2.73. The van der Waals surface area contributed by atoms with Gasteiger partial charge in [-0.05, 0) is 36.1 Å². The molecule has 0 amide bonds. The third kappa shape index (κ3) is 3.13. The van der Waals surface area contributed by atoms with Crippen molar-refractivity contribution in [2.24, 2.45) is 0 Å². The molecule has 0 radical (unpaired) electrons. The molecule has 6 heteroatoms. The van der Waals surface area contributed by atoms with Gasteiger partial charge in [0, 0.05) is 24.5 Å². The quantitative estimate of drug-likeness (QED) is 0.571. The fourth-order valence-electron chi connectivity index (χ4n) is 2.82. The summed E-state index contributed by atoms with van der Waals surface area (Å²) in [5.74, 6) is 1.78. The fourth-order valence-corrected chi connectivity index (χ4v) is 3.61. The van der Waals surface area contributed by atoms with Crippen molar-refractivity contribution < 1.29 is 0 Å². The second-order valence-corrected chi connectivity index (χ2v) is 6.81. The van der Waals surface area contributed by atoms with Crippen molar-refractivity contribution in [3.8, 4) is 5.69 Å². The molecule has 4 aromatic rings. The van der Waals surface area contributed by atoms with Gasteiger partial charge in [0.15, 0.2) is 0 Å². The number of imidazole rings is 1. The van der Waals surface area contributed by atoms with Crippen molar-refractivity contribution in [1.29, 1.82) is 0 Å². The SMILES string of the molecule is CCc1nc(NC(C)c2cccc(-n3ccnc3)c2)c2ccsc2n1. The molecule has 0 bridgehead atoms. The van der Waals surface area contributed by atoms with Gasteiger partial charge >= 0.3 is 0 Å². The second-order valence-electron chi connectivity index (χ2n) is 5.91. The van der Waals surface area contributed by atoms with Crippen LogP contribution in [0.15, 0.2) is 54.4 Å². The first-order valence-corrected chi connectivity index (χ1v) is 9.21. The minimum absolute atomic E-state index is 0.131. The number of nitrogens with zero attached hydrogens (tertiary/aromatic N) is 4. The molecule has 5 nitrogen and oxygen atoms in total. The summed E-state index contributed by atoms with van der Waals surface area (Å²) < 4.78 is 2.01. The van der Waals surface area contributed by atoms with Crippen molar-refractivity contribution >= 4 is 27.4 Å². The number of nitrogens with one attached hydrogen (secondary N) is 1. The molecule has 1 aromatic carbocycles. The summed E-state index contributed by atoms with van der Waals surface area (Å²) in [5.41, 5.74) is 2.30. The van der Waals surface area contributed by atoms with Crippen LogP contribution in [0.1, 0.15) is 31.3 Å². The van der Waals surface area contributed by atoms with E-state index in [9.17, 15) is 0 Å². The van der Waals surface area contributed by atoms with Crippen LogP contribution in [0, 0.1) is 0 Å². The number of aryl methyl sites for hydroxylation is 1. The topological polar surface area (TPSA) is 55.6 Å². The van der Waals surface area contributed by atoms with Crippen LogP contribution >= 0.6 is 11.3 Å². The second kappa shape index (κ2) is 6.64. The van der Waals surface area contributed by atoms with E-state index in [4.69, 9.17) is 4.98 Å². The molecule has 126 valence electrons. The number of benzene rings is 1.